The molecule has 2 aliphatic heterocycles. The van der Waals surface area contributed by atoms with Gasteiger partial charge >= 0.3 is 0 Å². The second-order valence-corrected chi connectivity index (χ2v) is 8.58. The van der Waals surface area contributed by atoms with E-state index >= 15 is 0 Å². The van der Waals surface area contributed by atoms with Crippen LogP contribution in [0.4, 0.5) is 10.2 Å². The van der Waals surface area contributed by atoms with Crippen molar-refractivity contribution in [1.29, 1.82) is 0 Å². The van der Waals surface area contributed by atoms with Crippen molar-refractivity contribution < 1.29 is 9.13 Å². The standard InChI is InChI=1S/C21H24ClFN4O/c22-16-2-1-3-17(23)20(16)18-4-5-19(26-25-18)24-21-14-11-27(12-15(14)21)10-13-6-8-28-9-7-13/h1-5,13-15,21H,6-12H2,(H,24,26)/t14-,15+,21-. The molecule has 1 aromatic carbocycles. The van der Waals surface area contributed by atoms with Crippen LogP contribution in [-0.2, 0) is 4.74 Å². The summed E-state index contributed by atoms with van der Waals surface area (Å²) in [5, 5.41) is 12.3. The van der Waals surface area contributed by atoms with Crippen molar-refractivity contribution in [2.24, 2.45) is 17.8 Å². The molecule has 2 aromatic rings. The van der Waals surface area contributed by atoms with E-state index in [9.17, 15) is 4.39 Å². The predicted octanol–water partition coefficient (Wildman–Crippen LogP) is 3.70. The van der Waals surface area contributed by atoms with Crippen LogP contribution < -0.4 is 5.32 Å². The molecule has 0 spiro atoms. The Morgan fingerprint density at radius 3 is 2.57 bits per heavy atom. The molecule has 5 nitrogen and oxygen atoms in total. The van der Waals surface area contributed by atoms with Gasteiger partial charge in [0.15, 0.2) is 0 Å². The molecule has 3 heterocycles. The summed E-state index contributed by atoms with van der Waals surface area (Å²) < 4.78 is 19.5. The molecular weight excluding hydrogens is 379 g/mol. The first-order valence-electron chi connectivity index (χ1n) is 10.0. The number of piperidine rings is 1. The van der Waals surface area contributed by atoms with Gasteiger partial charge in [-0.25, -0.2) is 4.39 Å². The molecule has 3 fully saturated rings. The number of hydrogen-bond donors (Lipinski definition) is 1. The first-order chi connectivity index (χ1) is 13.7. The number of nitrogens with zero attached hydrogens (tertiary/aromatic N) is 3. The Bertz CT molecular complexity index is 811. The van der Waals surface area contributed by atoms with E-state index < -0.39 is 0 Å². The van der Waals surface area contributed by atoms with Crippen LogP contribution in [0.5, 0.6) is 0 Å². The molecule has 0 bridgehead atoms. The lowest BCUT2D eigenvalue weighted by molar-refractivity contribution is 0.0540. The Labute approximate surface area is 169 Å². The van der Waals surface area contributed by atoms with Gasteiger partial charge in [-0.3, -0.25) is 0 Å². The van der Waals surface area contributed by atoms with Gasteiger partial charge in [0.05, 0.1) is 16.3 Å². The van der Waals surface area contributed by atoms with Crippen molar-refractivity contribution in [3.63, 3.8) is 0 Å². The van der Waals surface area contributed by atoms with E-state index in [4.69, 9.17) is 16.3 Å². The summed E-state index contributed by atoms with van der Waals surface area (Å²) in [6, 6.07) is 8.73. The fourth-order valence-corrected chi connectivity index (χ4v) is 4.99. The van der Waals surface area contributed by atoms with Gasteiger partial charge in [-0.15, -0.1) is 10.2 Å². The molecule has 1 N–H and O–H groups in total. The second-order valence-electron chi connectivity index (χ2n) is 8.17. The number of likely N-dealkylation sites (tertiary alicyclic amines) is 1. The average Bonchev–Trinajstić information content (AvgIpc) is 3.14. The summed E-state index contributed by atoms with van der Waals surface area (Å²) in [7, 11) is 0. The summed E-state index contributed by atoms with van der Waals surface area (Å²) in [6.45, 7) is 5.37. The highest BCUT2D eigenvalue weighted by atomic mass is 35.5. The van der Waals surface area contributed by atoms with E-state index in [1.54, 1.807) is 18.2 Å². The van der Waals surface area contributed by atoms with Gasteiger partial charge in [0.1, 0.15) is 11.6 Å². The Balaban J connectivity index is 1.16. The fourth-order valence-electron chi connectivity index (χ4n) is 4.73. The molecule has 5 rings (SSSR count). The van der Waals surface area contributed by atoms with Gasteiger partial charge < -0.3 is 15.0 Å². The molecule has 148 valence electrons. The summed E-state index contributed by atoms with van der Waals surface area (Å²) in [5.74, 6) is 2.54. The highest BCUT2D eigenvalue weighted by Crippen LogP contribution is 2.47. The third-order valence-electron chi connectivity index (χ3n) is 6.32. The largest absolute Gasteiger partial charge is 0.381 e. The third-order valence-corrected chi connectivity index (χ3v) is 6.64. The Kier molecular flexibility index (Phi) is 4.95. The summed E-state index contributed by atoms with van der Waals surface area (Å²) in [4.78, 5) is 2.61. The molecule has 0 unspecified atom stereocenters. The molecule has 3 atom stereocenters. The molecule has 3 aliphatic rings. The van der Waals surface area contributed by atoms with Crippen molar-refractivity contribution >= 4 is 17.4 Å². The minimum Gasteiger partial charge on any atom is -0.381 e. The second kappa shape index (κ2) is 7.58. The lowest BCUT2D eigenvalue weighted by Crippen LogP contribution is -2.34. The van der Waals surface area contributed by atoms with E-state index in [2.05, 4.69) is 20.4 Å². The molecule has 1 aromatic heterocycles. The lowest BCUT2D eigenvalue weighted by Gasteiger charge is -2.28. The highest BCUT2D eigenvalue weighted by molar-refractivity contribution is 6.33. The predicted molar refractivity (Wildman–Crippen MR) is 107 cm³/mol. The quantitative estimate of drug-likeness (QED) is 0.826. The van der Waals surface area contributed by atoms with E-state index in [0.29, 0.717) is 34.2 Å². The zero-order valence-electron chi connectivity index (χ0n) is 15.7. The van der Waals surface area contributed by atoms with Crippen LogP contribution in [-0.4, -0.2) is 54.0 Å². The van der Waals surface area contributed by atoms with Crippen LogP contribution in [0, 0.1) is 23.6 Å². The number of nitrogens with one attached hydrogen (secondary N) is 1. The molecule has 0 radical (unpaired) electrons. The molecular formula is C21H24ClFN4O. The highest BCUT2D eigenvalue weighted by Gasteiger charge is 2.55. The lowest BCUT2D eigenvalue weighted by atomic mass is 10.00. The molecule has 0 amide bonds. The Morgan fingerprint density at radius 2 is 1.89 bits per heavy atom. The van der Waals surface area contributed by atoms with E-state index in [0.717, 1.165) is 38.0 Å². The minimum absolute atomic E-state index is 0.301. The number of aromatic nitrogens is 2. The van der Waals surface area contributed by atoms with Gasteiger partial charge in [-0.2, -0.15) is 0 Å². The number of fused-ring (bicyclic) bond motifs is 1. The minimum atomic E-state index is -0.385. The third kappa shape index (κ3) is 3.61. The zero-order valence-corrected chi connectivity index (χ0v) is 16.4. The van der Waals surface area contributed by atoms with Crippen molar-refractivity contribution in [2.75, 3.05) is 38.2 Å². The maximum Gasteiger partial charge on any atom is 0.148 e. The van der Waals surface area contributed by atoms with E-state index in [-0.39, 0.29) is 5.82 Å². The van der Waals surface area contributed by atoms with Crippen molar-refractivity contribution in [2.45, 2.75) is 18.9 Å². The smallest absolute Gasteiger partial charge is 0.148 e. The summed E-state index contributed by atoms with van der Waals surface area (Å²) in [5.41, 5.74) is 0.752. The average molecular weight is 403 g/mol. The number of hydrogen-bond acceptors (Lipinski definition) is 5. The summed E-state index contributed by atoms with van der Waals surface area (Å²) >= 11 is 6.11. The molecule has 28 heavy (non-hydrogen) atoms. The topological polar surface area (TPSA) is 50.3 Å². The molecule has 7 heteroatoms. The SMILES string of the molecule is Fc1cccc(Cl)c1-c1ccc(N[C@@H]2[C@@H]3CN(CC4CCOCC4)C[C@@H]32)nn1. The zero-order chi connectivity index (χ0) is 19.1. The van der Waals surface area contributed by atoms with E-state index in [1.807, 2.05) is 6.07 Å². The molecule has 1 aliphatic carbocycles. The van der Waals surface area contributed by atoms with Gasteiger partial charge in [0.25, 0.3) is 0 Å². The summed E-state index contributed by atoms with van der Waals surface area (Å²) in [6.07, 6.45) is 2.39. The maximum atomic E-state index is 14.0. The Hall–Kier alpha value is -1.76. The number of anilines is 1. The molecule has 2 saturated heterocycles. The van der Waals surface area contributed by atoms with Crippen LogP contribution >= 0.6 is 11.6 Å². The van der Waals surface area contributed by atoms with Gasteiger partial charge in [-0.05, 0) is 54.9 Å². The number of benzene rings is 1. The molecule has 1 saturated carbocycles. The monoisotopic (exact) mass is 402 g/mol. The number of ether oxygens (including phenoxy) is 1. The Morgan fingerprint density at radius 1 is 1.11 bits per heavy atom. The fraction of sp³-hybridized carbons (Fsp3) is 0.524. The van der Waals surface area contributed by atoms with Crippen LogP contribution in [0.1, 0.15) is 12.8 Å². The maximum absolute atomic E-state index is 14.0. The first kappa shape index (κ1) is 18.3. The van der Waals surface area contributed by atoms with Gasteiger partial charge in [0.2, 0.25) is 0 Å². The van der Waals surface area contributed by atoms with Crippen LogP contribution in [0.2, 0.25) is 5.02 Å². The van der Waals surface area contributed by atoms with Crippen molar-refractivity contribution in [3.8, 4) is 11.3 Å². The van der Waals surface area contributed by atoms with Crippen molar-refractivity contribution in [3.05, 3.63) is 41.2 Å². The normalized spacial score (nSPS) is 27.6. The van der Waals surface area contributed by atoms with Gasteiger partial charge in [-0.1, -0.05) is 17.7 Å². The van der Waals surface area contributed by atoms with Crippen LogP contribution in [0.15, 0.2) is 30.3 Å². The van der Waals surface area contributed by atoms with Crippen LogP contribution in [0.25, 0.3) is 11.3 Å². The first-order valence-corrected chi connectivity index (χ1v) is 10.4. The number of rotatable bonds is 5. The van der Waals surface area contributed by atoms with Crippen molar-refractivity contribution in [1.82, 2.24) is 15.1 Å². The van der Waals surface area contributed by atoms with E-state index in [1.165, 1.54) is 25.5 Å². The number of halogens is 2. The van der Waals surface area contributed by atoms with Crippen LogP contribution in [0.3, 0.4) is 0 Å². The van der Waals surface area contributed by atoms with Gasteiger partial charge in [0, 0.05) is 38.9 Å².